The summed E-state index contributed by atoms with van der Waals surface area (Å²) in [4.78, 5) is 4.12. The first-order valence-electron chi connectivity index (χ1n) is 6.20. The van der Waals surface area contributed by atoms with Crippen LogP contribution in [0.3, 0.4) is 0 Å². The number of fused-ring (bicyclic) bond motifs is 1. The van der Waals surface area contributed by atoms with E-state index in [9.17, 15) is 0 Å². The second kappa shape index (κ2) is 4.72. The summed E-state index contributed by atoms with van der Waals surface area (Å²) in [6, 6.07) is 8.50. The van der Waals surface area contributed by atoms with Gasteiger partial charge in [-0.25, -0.2) is 0 Å². The Morgan fingerprint density at radius 1 is 1.29 bits per heavy atom. The number of benzene rings is 1. The first kappa shape index (κ1) is 10.5. The van der Waals surface area contributed by atoms with Crippen LogP contribution in [0.15, 0.2) is 36.7 Å². The third kappa shape index (κ3) is 2.39. The van der Waals surface area contributed by atoms with Gasteiger partial charge in [-0.05, 0) is 49.0 Å². The topological polar surface area (TPSA) is 37.0 Å². The molecule has 2 heterocycles. The molecule has 0 radical (unpaired) electrons. The van der Waals surface area contributed by atoms with Crippen LogP contribution in [0, 0.1) is 5.92 Å². The lowest BCUT2D eigenvalue weighted by molar-refractivity contribution is 0.615. The first-order valence-corrected chi connectivity index (χ1v) is 6.20. The molecule has 1 fully saturated rings. The molecule has 1 atom stereocenters. The van der Waals surface area contributed by atoms with Gasteiger partial charge in [-0.15, -0.1) is 0 Å². The van der Waals surface area contributed by atoms with E-state index in [4.69, 9.17) is 0 Å². The minimum atomic E-state index is 0.767. The highest BCUT2D eigenvalue weighted by Gasteiger charge is 2.13. The fourth-order valence-electron chi connectivity index (χ4n) is 2.34. The molecule has 0 amide bonds. The summed E-state index contributed by atoms with van der Waals surface area (Å²) in [5.74, 6) is 0.767. The Balaban J connectivity index is 1.72. The van der Waals surface area contributed by atoms with Crippen molar-refractivity contribution in [2.24, 2.45) is 5.92 Å². The Morgan fingerprint density at radius 2 is 2.29 bits per heavy atom. The maximum Gasteiger partial charge on any atom is 0.0346 e. The predicted octanol–water partition coefficient (Wildman–Crippen LogP) is 2.26. The Kier molecular flexibility index (Phi) is 2.92. The third-order valence-corrected chi connectivity index (χ3v) is 3.40. The summed E-state index contributed by atoms with van der Waals surface area (Å²) in [6.07, 6.45) is 5.03. The Hall–Kier alpha value is -1.61. The van der Waals surface area contributed by atoms with E-state index >= 15 is 0 Å². The maximum atomic E-state index is 4.12. The van der Waals surface area contributed by atoms with E-state index in [0.29, 0.717) is 0 Å². The number of hydrogen-bond donors (Lipinski definition) is 2. The van der Waals surface area contributed by atoms with Crippen molar-refractivity contribution in [3.8, 4) is 0 Å². The Bertz CT molecular complexity index is 504. The molecule has 2 N–H and O–H groups in total. The average molecular weight is 227 g/mol. The fraction of sp³-hybridized carbons (Fsp3) is 0.357. The molecule has 2 aromatic rings. The van der Waals surface area contributed by atoms with Crippen molar-refractivity contribution >= 4 is 16.5 Å². The molecule has 0 aliphatic carbocycles. The van der Waals surface area contributed by atoms with E-state index in [2.05, 4.69) is 39.9 Å². The normalized spacial score (nSPS) is 19.6. The molecule has 0 spiro atoms. The Labute approximate surface area is 101 Å². The van der Waals surface area contributed by atoms with E-state index in [0.717, 1.165) is 25.6 Å². The van der Waals surface area contributed by atoms with Gasteiger partial charge >= 0.3 is 0 Å². The molecule has 3 heteroatoms. The van der Waals surface area contributed by atoms with Gasteiger partial charge in [0.25, 0.3) is 0 Å². The van der Waals surface area contributed by atoms with Crippen molar-refractivity contribution in [1.82, 2.24) is 10.3 Å². The monoisotopic (exact) mass is 227 g/mol. The van der Waals surface area contributed by atoms with E-state index in [1.807, 2.05) is 12.4 Å². The van der Waals surface area contributed by atoms with Crippen LogP contribution < -0.4 is 10.6 Å². The van der Waals surface area contributed by atoms with Gasteiger partial charge in [-0.1, -0.05) is 6.07 Å². The van der Waals surface area contributed by atoms with Crippen LogP contribution in [0.1, 0.15) is 6.42 Å². The molecule has 88 valence electrons. The summed E-state index contributed by atoms with van der Waals surface area (Å²) < 4.78 is 0. The zero-order valence-electron chi connectivity index (χ0n) is 9.82. The van der Waals surface area contributed by atoms with Gasteiger partial charge in [0, 0.05) is 30.0 Å². The van der Waals surface area contributed by atoms with E-state index < -0.39 is 0 Å². The van der Waals surface area contributed by atoms with Gasteiger partial charge in [0.2, 0.25) is 0 Å². The van der Waals surface area contributed by atoms with E-state index in [-0.39, 0.29) is 0 Å². The smallest absolute Gasteiger partial charge is 0.0346 e. The summed E-state index contributed by atoms with van der Waals surface area (Å²) in [5, 5.41) is 9.35. The molecule has 1 aromatic carbocycles. The molecule has 1 aliphatic rings. The van der Waals surface area contributed by atoms with Crippen molar-refractivity contribution in [2.45, 2.75) is 6.42 Å². The number of pyridine rings is 1. The molecule has 0 bridgehead atoms. The number of rotatable bonds is 3. The molecule has 1 aromatic heterocycles. The second-order valence-corrected chi connectivity index (χ2v) is 4.68. The fourth-order valence-corrected chi connectivity index (χ4v) is 2.34. The van der Waals surface area contributed by atoms with Crippen molar-refractivity contribution in [3.05, 3.63) is 36.7 Å². The summed E-state index contributed by atoms with van der Waals surface area (Å²) in [6.45, 7) is 3.36. The quantitative estimate of drug-likeness (QED) is 0.844. The summed E-state index contributed by atoms with van der Waals surface area (Å²) in [5.41, 5.74) is 1.20. The number of aromatic nitrogens is 1. The number of hydrogen-bond acceptors (Lipinski definition) is 3. The molecular weight excluding hydrogens is 210 g/mol. The van der Waals surface area contributed by atoms with Crippen LogP contribution in [0.25, 0.3) is 10.8 Å². The maximum absolute atomic E-state index is 4.12. The average Bonchev–Trinajstić information content (AvgIpc) is 2.89. The molecule has 17 heavy (non-hydrogen) atoms. The zero-order valence-corrected chi connectivity index (χ0v) is 9.82. The number of nitrogens with zero attached hydrogens (tertiary/aromatic N) is 1. The largest absolute Gasteiger partial charge is 0.385 e. The number of nitrogens with one attached hydrogen (secondary N) is 2. The summed E-state index contributed by atoms with van der Waals surface area (Å²) in [7, 11) is 0. The second-order valence-electron chi connectivity index (χ2n) is 4.68. The Morgan fingerprint density at radius 3 is 3.18 bits per heavy atom. The van der Waals surface area contributed by atoms with Crippen LogP contribution in [0.4, 0.5) is 5.69 Å². The van der Waals surface area contributed by atoms with Gasteiger partial charge in [-0.2, -0.15) is 0 Å². The van der Waals surface area contributed by atoms with Gasteiger partial charge in [0.1, 0.15) is 0 Å². The molecule has 1 aliphatic heterocycles. The molecule has 3 nitrogen and oxygen atoms in total. The van der Waals surface area contributed by atoms with Gasteiger partial charge in [0.15, 0.2) is 0 Å². The predicted molar refractivity (Wildman–Crippen MR) is 71.2 cm³/mol. The van der Waals surface area contributed by atoms with E-state index in [1.54, 1.807) is 0 Å². The van der Waals surface area contributed by atoms with Crippen molar-refractivity contribution in [2.75, 3.05) is 25.0 Å². The van der Waals surface area contributed by atoms with Crippen LogP contribution >= 0.6 is 0 Å². The summed E-state index contributed by atoms with van der Waals surface area (Å²) >= 11 is 0. The number of anilines is 1. The van der Waals surface area contributed by atoms with Gasteiger partial charge in [-0.3, -0.25) is 4.98 Å². The van der Waals surface area contributed by atoms with Crippen LogP contribution in [0.5, 0.6) is 0 Å². The lowest BCUT2D eigenvalue weighted by atomic mass is 10.1. The SMILES string of the molecule is c1cc2cc(NCC3CCNC3)ccc2cn1. The molecule has 1 unspecified atom stereocenters. The lowest BCUT2D eigenvalue weighted by Gasteiger charge is -2.11. The highest BCUT2D eigenvalue weighted by atomic mass is 14.9. The molecular formula is C14H17N3. The van der Waals surface area contributed by atoms with Crippen LogP contribution in [0.2, 0.25) is 0 Å². The molecule has 3 rings (SSSR count). The lowest BCUT2D eigenvalue weighted by Crippen LogP contribution is -2.17. The minimum Gasteiger partial charge on any atom is -0.385 e. The molecule has 0 saturated carbocycles. The van der Waals surface area contributed by atoms with Crippen molar-refractivity contribution < 1.29 is 0 Å². The first-order chi connectivity index (χ1) is 8.42. The molecule has 1 saturated heterocycles. The standard InChI is InChI=1S/C14H17N3/c1-2-14(17-9-11-3-5-15-8-11)7-12-4-6-16-10-13(1)12/h1-2,4,6-7,10-11,15,17H,3,5,8-9H2. The van der Waals surface area contributed by atoms with Crippen molar-refractivity contribution in [1.29, 1.82) is 0 Å². The van der Waals surface area contributed by atoms with E-state index in [1.165, 1.54) is 22.9 Å². The third-order valence-electron chi connectivity index (χ3n) is 3.40. The van der Waals surface area contributed by atoms with Crippen LogP contribution in [-0.4, -0.2) is 24.6 Å². The highest BCUT2D eigenvalue weighted by molar-refractivity contribution is 5.84. The highest BCUT2D eigenvalue weighted by Crippen LogP contribution is 2.18. The minimum absolute atomic E-state index is 0.767. The van der Waals surface area contributed by atoms with Gasteiger partial charge in [0.05, 0.1) is 0 Å². The zero-order chi connectivity index (χ0) is 11.5. The van der Waals surface area contributed by atoms with Gasteiger partial charge < -0.3 is 10.6 Å². The van der Waals surface area contributed by atoms with Crippen molar-refractivity contribution in [3.63, 3.8) is 0 Å². The van der Waals surface area contributed by atoms with Crippen LogP contribution in [-0.2, 0) is 0 Å².